The van der Waals surface area contributed by atoms with Crippen LogP contribution in [-0.4, -0.2) is 18.7 Å². The summed E-state index contributed by atoms with van der Waals surface area (Å²) in [5.41, 5.74) is 3.62. The molecule has 3 heteroatoms. The van der Waals surface area contributed by atoms with Crippen LogP contribution >= 0.6 is 0 Å². The Morgan fingerprint density at radius 2 is 2.05 bits per heavy atom. The topological polar surface area (TPSA) is 41.5 Å². The van der Waals surface area contributed by atoms with Gasteiger partial charge in [0.2, 0.25) is 0 Å². The SMILES string of the molecule is CNCC1Cc2ccccc2[C@H]1Oc1ccc(O)cc1C. The number of aryl methyl sites for hydroxylation is 1. The fraction of sp³-hybridized carbons (Fsp3) is 0.333. The van der Waals surface area contributed by atoms with Gasteiger partial charge < -0.3 is 15.2 Å². The van der Waals surface area contributed by atoms with Crippen LogP contribution in [0.4, 0.5) is 0 Å². The molecule has 3 rings (SSSR count). The molecule has 2 aromatic carbocycles. The molecule has 0 aliphatic heterocycles. The predicted octanol–water partition coefficient (Wildman–Crippen LogP) is 3.21. The summed E-state index contributed by atoms with van der Waals surface area (Å²) in [6.07, 6.45) is 1.11. The number of rotatable bonds is 4. The Morgan fingerprint density at radius 3 is 2.81 bits per heavy atom. The van der Waals surface area contributed by atoms with Gasteiger partial charge in [-0.1, -0.05) is 24.3 Å². The molecule has 2 N–H and O–H groups in total. The second kappa shape index (κ2) is 5.78. The van der Waals surface area contributed by atoms with E-state index in [1.807, 2.05) is 20.0 Å². The zero-order valence-corrected chi connectivity index (χ0v) is 12.5. The van der Waals surface area contributed by atoms with Crippen molar-refractivity contribution in [2.24, 2.45) is 5.92 Å². The zero-order chi connectivity index (χ0) is 14.8. The number of benzene rings is 2. The van der Waals surface area contributed by atoms with Crippen molar-refractivity contribution in [3.8, 4) is 11.5 Å². The fourth-order valence-electron chi connectivity index (χ4n) is 3.14. The molecule has 2 atom stereocenters. The number of hydrogen-bond donors (Lipinski definition) is 2. The number of phenolic OH excluding ortho intramolecular Hbond substituents is 1. The highest BCUT2D eigenvalue weighted by molar-refractivity contribution is 5.41. The second-order valence-corrected chi connectivity index (χ2v) is 5.71. The first kappa shape index (κ1) is 14.0. The van der Waals surface area contributed by atoms with E-state index in [1.165, 1.54) is 11.1 Å². The van der Waals surface area contributed by atoms with Crippen LogP contribution in [0.1, 0.15) is 22.8 Å². The molecular weight excluding hydrogens is 262 g/mol. The summed E-state index contributed by atoms with van der Waals surface area (Å²) in [6, 6.07) is 13.8. The number of phenols is 1. The molecule has 1 unspecified atom stereocenters. The standard InChI is InChI=1S/C18H21NO2/c1-12-9-15(20)7-8-17(12)21-18-14(11-19-2)10-13-5-3-4-6-16(13)18/h3-9,14,18-20H,10-11H2,1-2H3/t14?,18-/m0/s1. The molecule has 0 heterocycles. The summed E-state index contributed by atoms with van der Waals surface area (Å²) in [5, 5.41) is 12.8. The van der Waals surface area contributed by atoms with Gasteiger partial charge in [-0.3, -0.25) is 0 Å². The highest BCUT2D eigenvalue weighted by atomic mass is 16.5. The van der Waals surface area contributed by atoms with Gasteiger partial charge in [-0.2, -0.15) is 0 Å². The molecule has 1 aliphatic carbocycles. The van der Waals surface area contributed by atoms with E-state index < -0.39 is 0 Å². The molecule has 0 radical (unpaired) electrons. The first-order chi connectivity index (χ1) is 10.2. The molecule has 0 bridgehead atoms. The lowest BCUT2D eigenvalue weighted by Crippen LogP contribution is -2.25. The Balaban J connectivity index is 1.90. The van der Waals surface area contributed by atoms with Crippen molar-refractivity contribution in [3.63, 3.8) is 0 Å². The van der Waals surface area contributed by atoms with Crippen LogP contribution in [0.15, 0.2) is 42.5 Å². The summed E-state index contributed by atoms with van der Waals surface area (Å²) in [4.78, 5) is 0. The van der Waals surface area contributed by atoms with Gasteiger partial charge in [-0.05, 0) is 55.3 Å². The average Bonchev–Trinajstić information content (AvgIpc) is 2.80. The maximum atomic E-state index is 9.53. The van der Waals surface area contributed by atoms with Gasteiger partial charge >= 0.3 is 0 Å². The Bertz CT molecular complexity index is 639. The van der Waals surface area contributed by atoms with Gasteiger partial charge in [0.25, 0.3) is 0 Å². The van der Waals surface area contributed by atoms with Crippen molar-refractivity contribution in [2.45, 2.75) is 19.4 Å². The van der Waals surface area contributed by atoms with Crippen LogP contribution in [0.25, 0.3) is 0 Å². The van der Waals surface area contributed by atoms with Crippen molar-refractivity contribution < 1.29 is 9.84 Å². The third-order valence-corrected chi connectivity index (χ3v) is 4.15. The monoisotopic (exact) mass is 283 g/mol. The van der Waals surface area contributed by atoms with Gasteiger partial charge in [0.05, 0.1) is 0 Å². The van der Waals surface area contributed by atoms with E-state index in [9.17, 15) is 5.11 Å². The molecular formula is C18H21NO2. The van der Waals surface area contributed by atoms with Crippen molar-refractivity contribution in [3.05, 3.63) is 59.2 Å². The number of hydrogen-bond acceptors (Lipinski definition) is 3. The maximum Gasteiger partial charge on any atom is 0.128 e. The summed E-state index contributed by atoms with van der Waals surface area (Å²) >= 11 is 0. The third-order valence-electron chi connectivity index (χ3n) is 4.15. The first-order valence-electron chi connectivity index (χ1n) is 7.37. The highest BCUT2D eigenvalue weighted by Gasteiger charge is 2.33. The van der Waals surface area contributed by atoms with Crippen LogP contribution in [-0.2, 0) is 6.42 Å². The van der Waals surface area contributed by atoms with Gasteiger partial charge in [-0.15, -0.1) is 0 Å². The van der Waals surface area contributed by atoms with E-state index in [2.05, 4.69) is 29.6 Å². The minimum atomic E-state index is 0.0666. The number of aromatic hydroxyl groups is 1. The molecule has 3 nitrogen and oxygen atoms in total. The molecule has 0 aromatic heterocycles. The maximum absolute atomic E-state index is 9.53. The van der Waals surface area contributed by atoms with Crippen molar-refractivity contribution in [1.29, 1.82) is 0 Å². The van der Waals surface area contributed by atoms with Crippen molar-refractivity contribution >= 4 is 0 Å². The van der Waals surface area contributed by atoms with Gasteiger partial charge in [0.15, 0.2) is 0 Å². The molecule has 21 heavy (non-hydrogen) atoms. The van der Waals surface area contributed by atoms with Crippen molar-refractivity contribution in [2.75, 3.05) is 13.6 Å². The Labute approximate surface area is 125 Å². The largest absolute Gasteiger partial charge is 0.508 e. The third kappa shape index (κ3) is 2.74. The Kier molecular flexibility index (Phi) is 3.84. The molecule has 110 valence electrons. The molecule has 0 spiro atoms. The first-order valence-corrected chi connectivity index (χ1v) is 7.37. The minimum Gasteiger partial charge on any atom is -0.508 e. The van der Waals surface area contributed by atoms with E-state index in [1.54, 1.807) is 12.1 Å². The highest BCUT2D eigenvalue weighted by Crippen LogP contribution is 2.40. The summed E-state index contributed by atoms with van der Waals surface area (Å²) < 4.78 is 6.30. The Hall–Kier alpha value is -2.00. The van der Waals surface area contributed by atoms with Crippen LogP contribution in [0.3, 0.4) is 0 Å². The van der Waals surface area contributed by atoms with Gasteiger partial charge in [0.1, 0.15) is 17.6 Å². The normalized spacial score (nSPS) is 20.3. The molecule has 0 saturated heterocycles. The number of fused-ring (bicyclic) bond motifs is 1. The van der Waals surface area contributed by atoms with Crippen LogP contribution in [0.5, 0.6) is 11.5 Å². The summed E-state index contributed by atoms with van der Waals surface area (Å²) in [6.45, 7) is 2.89. The van der Waals surface area contributed by atoms with E-state index >= 15 is 0 Å². The van der Waals surface area contributed by atoms with Crippen molar-refractivity contribution in [1.82, 2.24) is 5.32 Å². The van der Waals surface area contributed by atoms with E-state index in [0.29, 0.717) is 5.92 Å². The lowest BCUT2D eigenvalue weighted by Gasteiger charge is -2.23. The Morgan fingerprint density at radius 1 is 1.24 bits per heavy atom. The number of ether oxygens (including phenoxy) is 1. The summed E-state index contributed by atoms with van der Waals surface area (Å²) in [5.74, 6) is 1.55. The van der Waals surface area contributed by atoms with Gasteiger partial charge in [0, 0.05) is 12.5 Å². The minimum absolute atomic E-state index is 0.0666. The lowest BCUT2D eigenvalue weighted by molar-refractivity contribution is 0.148. The quantitative estimate of drug-likeness (QED) is 0.905. The molecule has 0 amide bonds. The molecule has 1 aliphatic rings. The van der Waals surface area contributed by atoms with Crippen LogP contribution in [0, 0.1) is 12.8 Å². The lowest BCUT2D eigenvalue weighted by atomic mass is 10.0. The predicted molar refractivity (Wildman–Crippen MR) is 83.8 cm³/mol. The average molecular weight is 283 g/mol. The van der Waals surface area contributed by atoms with Crippen LogP contribution in [0.2, 0.25) is 0 Å². The fourth-order valence-corrected chi connectivity index (χ4v) is 3.14. The smallest absolute Gasteiger partial charge is 0.128 e. The van der Waals surface area contributed by atoms with E-state index in [4.69, 9.17) is 4.74 Å². The summed E-state index contributed by atoms with van der Waals surface area (Å²) in [7, 11) is 1.98. The van der Waals surface area contributed by atoms with E-state index in [0.717, 1.165) is 24.3 Å². The van der Waals surface area contributed by atoms with Crippen LogP contribution < -0.4 is 10.1 Å². The zero-order valence-electron chi connectivity index (χ0n) is 12.5. The second-order valence-electron chi connectivity index (χ2n) is 5.71. The van der Waals surface area contributed by atoms with E-state index in [-0.39, 0.29) is 11.9 Å². The molecule has 2 aromatic rings. The molecule has 0 fully saturated rings. The number of nitrogens with one attached hydrogen (secondary N) is 1. The molecule has 0 saturated carbocycles. The van der Waals surface area contributed by atoms with Gasteiger partial charge in [-0.25, -0.2) is 0 Å².